The van der Waals surface area contributed by atoms with Crippen LogP contribution in [0.25, 0.3) is 10.9 Å². The van der Waals surface area contributed by atoms with Gasteiger partial charge in [-0.3, -0.25) is 4.98 Å². The topological polar surface area (TPSA) is 101 Å². The van der Waals surface area contributed by atoms with Crippen molar-refractivity contribution in [2.24, 2.45) is 5.92 Å². The van der Waals surface area contributed by atoms with E-state index in [-0.39, 0.29) is 36.2 Å². The maximum atomic E-state index is 13.1. The summed E-state index contributed by atoms with van der Waals surface area (Å²) in [5.41, 5.74) is 3.97. The molecule has 9 heteroatoms. The van der Waals surface area contributed by atoms with E-state index < -0.39 is 16.3 Å². The minimum absolute atomic E-state index is 0.0105. The number of rotatable bonds is 11. The number of hydrogen-bond donors (Lipinski definition) is 2. The van der Waals surface area contributed by atoms with Crippen LogP contribution in [0.1, 0.15) is 41.6 Å². The van der Waals surface area contributed by atoms with E-state index in [9.17, 15) is 13.5 Å². The first-order valence-electron chi connectivity index (χ1n) is 14.0. The molecule has 8 nitrogen and oxygen atoms in total. The number of para-hydroxylation sites is 1. The van der Waals surface area contributed by atoms with Crippen molar-refractivity contribution in [3.8, 4) is 0 Å². The Labute approximate surface area is 247 Å². The first-order valence-corrected chi connectivity index (χ1v) is 15.5. The average Bonchev–Trinajstić information content (AvgIpc) is 3.01. The molecule has 42 heavy (non-hydrogen) atoms. The first-order chi connectivity index (χ1) is 20.3. The Hall–Kier alpha value is -3.44. The highest BCUT2D eigenvalue weighted by Crippen LogP contribution is 2.41. The molecule has 1 aromatic heterocycles. The standard InChI is InChI=1S/C33H37N3O5S/c1-4-19-36(3)21-29-23(2)32(27-14-12-25(22-37)13-15-27)41-33(40-29)28-16-10-24(11-17-28)20-35-42(38,39)30-9-5-7-26-8-6-18-34-31(26)30/h4-18,23,29,32-33,35,37H,1,19-22H2,2-3H3. The largest absolute Gasteiger partial charge is 0.392 e. The van der Waals surface area contributed by atoms with Gasteiger partial charge in [0.1, 0.15) is 4.90 Å². The van der Waals surface area contributed by atoms with Gasteiger partial charge in [-0.15, -0.1) is 6.58 Å². The molecule has 0 aliphatic carbocycles. The van der Waals surface area contributed by atoms with Gasteiger partial charge >= 0.3 is 0 Å². The molecule has 3 aromatic carbocycles. The molecule has 4 atom stereocenters. The van der Waals surface area contributed by atoms with E-state index >= 15 is 0 Å². The van der Waals surface area contributed by atoms with Crippen LogP contribution in [0.3, 0.4) is 0 Å². The summed E-state index contributed by atoms with van der Waals surface area (Å²) >= 11 is 0. The monoisotopic (exact) mass is 587 g/mol. The van der Waals surface area contributed by atoms with Crippen molar-refractivity contribution in [2.75, 3.05) is 20.1 Å². The van der Waals surface area contributed by atoms with Crippen molar-refractivity contribution >= 4 is 20.9 Å². The summed E-state index contributed by atoms with van der Waals surface area (Å²) in [6.45, 7) is 7.55. The predicted octanol–water partition coefficient (Wildman–Crippen LogP) is 5.11. The molecule has 220 valence electrons. The second-order valence-electron chi connectivity index (χ2n) is 10.7. The second-order valence-corrected chi connectivity index (χ2v) is 12.5. The Balaban J connectivity index is 1.32. The number of ether oxygens (including phenoxy) is 2. The summed E-state index contributed by atoms with van der Waals surface area (Å²) in [6.07, 6.45) is 2.55. The normalized spacial score (nSPS) is 21.0. The summed E-state index contributed by atoms with van der Waals surface area (Å²) in [4.78, 5) is 6.60. The van der Waals surface area contributed by atoms with Gasteiger partial charge in [0.05, 0.1) is 24.3 Å². The molecule has 1 fully saturated rings. The Bertz CT molecular complexity index is 1600. The molecule has 0 bridgehead atoms. The molecule has 4 aromatic rings. The number of pyridine rings is 1. The number of likely N-dealkylation sites (N-methyl/N-ethyl adjacent to an activating group) is 1. The van der Waals surface area contributed by atoms with Crippen LogP contribution in [-0.2, 0) is 32.6 Å². The lowest BCUT2D eigenvalue weighted by Crippen LogP contribution is -2.43. The van der Waals surface area contributed by atoms with Gasteiger partial charge in [-0.05, 0) is 35.9 Å². The fourth-order valence-electron chi connectivity index (χ4n) is 5.27. The van der Waals surface area contributed by atoms with E-state index in [2.05, 4.69) is 28.1 Å². The van der Waals surface area contributed by atoms with Crippen molar-refractivity contribution in [1.82, 2.24) is 14.6 Å². The molecule has 0 amide bonds. The van der Waals surface area contributed by atoms with Crippen LogP contribution in [0.5, 0.6) is 0 Å². The fraction of sp³-hybridized carbons (Fsp3) is 0.303. The summed E-state index contributed by atoms with van der Waals surface area (Å²) in [6, 6.07) is 24.2. The quantitative estimate of drug-likeness (QED) is 0.235. The highest BCUT2D eigenvalue weighted by atomic mass is 32.2. The number of benzene rings is 3. The predicted molar refractivity (Wildman–Crippen MR) is 163 cm³/mol. The van der Waals surface area contributed by atoms with Crippen LogP contribution in [0.4, 0.5) is 0 Å². The number of hydrogen-bond acceptors (Lipinski definition) is 7. The molecule has 5 rings (SSSR count). The minimum Gasteiger partial charge on any atom is -0.392 e. The van der Waals surface area contributed by atoms with Crippen molar-refractivity contribution < 1.29 is 23.0 Å². The van der Waals surface area contributed by atoms with Gasteiger partial charge in [0.25, 0.3) is 0 Å². The van der Waals surface area contributed by atoms with Crippen molar-refractivity contribution in [3.05, 3.63) is 120 Å². The maximum absolute atomic E-state index is 13.1. The molecule has 2 heterocycles. The number of nitrogens with zero attached hydrogens (tertiary/aromatic N) is 2. The zero-order valence-electron chi connectivity index (χ0n) is 23.9. The summed E-state index contributed by atoms with van der Waals surface area (Å²) < 4.78 is 42.0. The van der Waals surface area contributed by atoms with E-state index in [0.717, 1.165) is 34.2 Å². The minimum atomic E-state index is -3.78. The van der Waals surface area contributed by atoms with Gasteiger partial charge in [0.15, 0.2) is 6.29 Å². The molecular weight excluding hydrogens is 550 g/mol. The fourth-order valence-corrected chi connectivity index (χ4v) is 6.47. The van der Waals surface area contributed by atoms with E-state index in [1.165, 1.54) is 0 Å². The summed E-state index contributed by atoms with van der Waals surface area (Å²) in [7, 11) is -1.74. The van der Waals surface area contributed by atoms with Crippen molar-refractivity contribution in [1.29, 1.82) is 0 Å². The molecule has 1 aliphatic rings. The molecule has 0 spiro atoms. The van der Waals surface area contributed by atoms with Crippen LogP contribution < -0.4 is 4.72 Å². The Kier molecular flexibility index (Phi) is 9.47. The molecule has 0 radical (unpaired) electrons. The Morgan fingerprint density at radius 3 is 2.38 bits per heavy atom. The van der Waals surface area contributed by atoms with Crippen LogP contribution in [0.15, 0.2) is 103 Å². The zero-order chi connectivity index (χ0) is 29.7. The number of nitrogens with one attached hydrogen (secondary N) is 1. The van der Waals surface area contributed by atoms with E-state index in [1.54, 1.807) is 24.4 Å². The lowest BCUT2D eigenvalue weighted by atomic mass is 9.90. The smallest absolute Gasteiger partial charge is 0.243 e. The van der Waals surface area contributed by atoms with E-state index in [1.807, 2.05) is 73.8 Å². The highest BCUT2D eigenvalue weighted by Gasteiger charge is 2.38. The SMILES string of the molecule is C=CCN(C)CC1OC(c2ccc(CNS(=O)(=O)c3cccc4cccnc34)cc2)OC(c2ccc(CO)cc2)C1C. The number of sulfonamides is 1. The van der Waals surface area contributed by atoms with E-state index in [4.69, 9.17) is 9.47 Å². The number of aromatic nitrogens is 1. The second kappa shape index (κ2) is 13.2. The third-order valence-corrected chi connectivity index (χ3v) is 9.09. The first kappa shape index (κ1) is 30.0. The van der Waals surface area contributed by atoms with Crippen LogP contribution in [0.2, 0.25) is 0 Å². The number of aliphatic hydroxyl groups excluding tert-OH is 1. The molecule has 2 N–H and O–H groups in total. The molecule has 4 unspecified atom stereocenters. The molecule has 0 saturated carbocycles. The third kappa shape index (κ3) is 6.78. The molecule has 1 saturated heterocycles. The van der Waals surface area contributed by atoms with Crippen molar-refractivity contribution in [3.63, 3.8) is 0 Å². The van der Waals surface area contributed by atoms with Gasteiger partial charge in [-0.2, -0.15) is 0 Å². The molecular formula is C33H37N3O5S. The zero-order valence-corrected chi connectivity index (χ0v) is 24.7. The maximum Gasteiger partial charge on any atom is 0.243 e. The highest BCUT2D eigenvalue weighted by molar-refractivity contribution is 7.89. The van der Waals surface area contributed by atoms with Crippen LogP contribution in [-0.4, -0.2) is 49.6 Å². The Morgan fingerprint density at radius 2 is 1.67 bits per heavy atom. The summed E-state index contributed by atoms with van der Waals surface area (Å²) in [5, 5.41) is 10.2. The van der Waals surface area contributed by atoms with Crippen LogP contribution in [0, 0.1) is 5.92 Å². The number of aliphatic hydroxyl groups is 1. The van der Waals surface area contributed by atoms with Crippen LogP contribution >= 0.6 is 0 Å². The van der Waals surface area contributed by atoms with Gasteiger partial charge in [0.2, 0.25) is 10.0 Å². The van der Waals surface area contributed by atoms with Gasteiger partial charge in [-0.25, -0.2) is 13.1 Å². The van der Waals surface area contributed by atoms with Gasteiger partial charge in [0, 0.05) is 42.7 Å². The third-order valence-electron chi connectivity index (χ3n) is 7.66. The van der Waals surface area contributed by atoms with Crippen molar-refractivity contribution in [2.45, 2.75) is 43.5 Å². The van der Waals surface area contributed by atoms with Gasteiger partial charge < -0.3 is 19.5 Å². The van der Waals surface area contributed by atoms with Gasteiger partial charge in [-0.1, -0.05) is 79.7 Å². The number of fused-ring (bicyclic) bond motifs is 1. The summed E-state index contributed by atoms with van der Waals surface area (Å²) in [5.74, 6) is 0.0747. The van der Waals surface area contributed by atoms with E-state index in [0.29, 0.717) is 12.1 Å². The molecule has 1 aliphatic heterocycles. The average molecular weight is 588 g/mol. The Morgan fingerprint density at radius 1 is 0.976 bits per heavy atom. The lowest BCUT2D eigenvalue weighted by Gasteiger charge is -2.42. The lowest BCUT2D eigenvalue weighted by molar-refractivity contribution is -0.275.